The summed E-state index contributed by atoms with van der Waals surface area (Å²) in [7, 11) is 2.95. The molecule has 1 aliphatic heterocycles. The lowest BCUT2D eigenvalue weighted by molar-refractivity contribution is -0.116. The van der Waals surface area contributed by atoms with Gasteiger partial charge in [-0.2, -0.15) is 9.78 Å². The van der Waals surface area contributed by atoms with Gasteiger partial charge in [0.1, 0.15) is 11.6 Å². The van der Waals surface area contributed by atoms with Crippen LogP contribution in [0.5, 0.6) is 23.0 Å². The quantitative estimate of drug-likeness (QED) is 0.421. The van der Waals surface area contributed by atoms with E-state index in [1.165, 1.54) is 25.6 Å². The Labute approximate surface area is 199 Å². The molecular formula is C24H24N4O5S. The van der Waals surface area contributed by atoms with E-state index in [0.29, 0.717) is 17.6 Å². The Hall–Kier alpha value is -3.79. The zero-order valence-electron chi connectivity index (χ0n) is 19.2. The molecule has 0 saturated carbocycles. The van der Waals surface area contributed by atoms with Crippen molar-refractivity contribution >= 4 is 33.3 Å². The second-order valence-electron chi connectivity index (χ2n) is 7.90. The molecule has 4 aromatic rings. The summed E-state index contributed by atoms with van der Waals surface area (Å²) in [6.07, 6.45) is 0.230. The molecule has 176 valence electrons. The van der Waals surface area contributed by atoms with Gasteiger partial charge in [-0.25, -0.2) is 4.98 Å². The van der Waals surface area contributed by atoms with E-state index in [1.54, 1.807) is 16.8 Å². The number of methoxy groups -OCH3 is 2. The van der Waals surface area contributed by atoms with Crippen LogP contribution in [-0.2, 0) is 4.79 Å². The van der Waals surface area contributed by atoms with Crippen molar-refractivity contribution in [2.45, 2.75) is 26.2 Å². The summed E-state index contributed by atoms with van der Waals surface area (Å²) < 4.78 is 18.9. The van der Waals surface area contributed by atoms with Crippen molar-refractivity contribution in [1.82, 2.24) is 14.8 Å². The van der Waals surface area contributed by atoms with Crippen molar-refractivity contribution in [3.05, 3.63) is 47.2 Å². The Balaban J connectivity index is 1.63. The lowest BCUT2D eigenvalue weighted by atomic mass is 9.85. The molecule has 3 heterocycles. The molecule has 1 amide bonds. The largest absolute Gasteiger partial charge is 0.502 e. The summed E-state index contributed by atoms with van der Waals surface area (Å²) in [5.41, 5.74) is 3.29. The number of carbonyl (C=O) groups is 1. The molecule has 0 fully saturated rings. The van der Waals surface area contributed by atoms with E-state index in [-0.39, 0.29) is 35.5 Å². The van der Waals surface area contributed by atoms with Crippen molar-refractivity contribution in [3.63, 3.8) is 0 Å². The van der Waals surface area contributed by atoms with E-state index in [2.05, 4.69) is 5.32 Å². The Morgan fingerprint density at radius 3 is 2.62 bits per heavy atom. The van der Waals surface area contributed by atoms with E-state index in [0.717, 1.165) is 32.8 Å². The molecule has 0 bridgehead atoms. The van der Waals surface area contributed by atoms with Crippen molar-refractivity contribution in [1.29, 1.82) is 0 Å². The Bertz CT molecular complexity index is 1390. The van der Waals surface area contributed by atoms with Gasteiger partial charge in [-0.15, -0.1) is 0 Å². The number of aryl methyl sites for hydroxylation is 1. The van der Waals surface area contributed by atoms with Crippen molar-refractivity contribution in [2.24, 2.45) is 0 Å². The van der Waals surface area contributed by atoms with Crippen LogP contribution in [0.1, 0.15) is 36.1 Å². The number of nitrogens with one attached hydrogen (secondary N) is 1. The molecule has 34 heavy (non-hydrogen) atoms. The summed E-state index contributed by atoms with van der Waals surface area (Å²) in [6.45, 7) is 4.44. The number of phenolic OH excluding ortho intramolecular Hbond substituents is 1. The van der Waals surface area contributed by atoms with Crippen LogP contribution in [0.25, 0.3) is 15.3 Å². The number of aromatic hydroxyl groups is 1. The standard InChI is InChI=1S/C24H24N4O5S/c1-5-33-14-6-7-16-19(10-14)34-24(25-16)28-23-21(12(2)27-28)15(11-20(29)26-23)13-8-17(31-3)22(30)18(9-13)32-4/h6-10,15,30H,5,11H2,1-4H3,(H,26,29). The number of carbonyl (C=O) groups excluding carboxylic acids is 1. The highest BCUT2D eigenvalue weighted by Crippen LogP contribution is 2.45. The van der Waals surface area contributed by atoms with Gasteiger partial charge in [-0.3, -0.25) is 4.79 Å². The normalized spacial score (nSPS) is 15.2. The monoisotopic (exact) mass is 480 g/mol. The van der Waals surface area contributed by atoms with Gasteiger partial charge >= 0.3 is 0 Å². The number of hydrogen-bond acceptors (Lipinski definition) is 8. The molecule has 1 unspecified atom stereocenters. The van der Waals surface area contributed by atoms with Crippen LogP contribution < -0.4 is 19.5 Å². The van der Waals surface area contributed by atoms with Gasteiger partial charge in [0, 0.05) is 17.9 Å². The van der Waals surface area contributed by atoms with Crippen molar-refractivity contribution in [2.75, 3.05) is 26.1 Å². The number of thiazole rings is 1. The Morgan fingerprint density at radius 2 is 1.94 bits per heavy atom. The van der Waals surface area contributed by atoms with Crippen LogP contribution in [-0.4, -0.2) is 46.6 Å². The molecule has 2 aromatic heterocycles. The van der Waals surface area contributed by atoms with Crippen LogP contribution in [0, 0.1) is 6.92 Å². The maximum absolute atomic E-state index is 12.8. The fourth-order valence-electron chi connectivity index (χ4n) is 4.33. The lowest BCUT2D eigenvalue weighted by Crippen LogP contribution is -2.25. The number of amides is 1. The van der Waals surface area contributed by atoms with Gasteiger partial charge in [0.05, 0.1) is 36.7 Å². The van der Waals surface area contributed by atoms with Gasteiger partial charge in [0.15, 0.2) is 11.5 Å². The van der Waals surface area contributed by atoms with Crippen LogP contribution >= 0.6 is 11.3 Å². The highest BCUT2D eigenvalue weighted by molar-refractivity contribution is 7.20. The van der Waals surface area contributed by atoms with Gasteiger partial charge in [-0.1, -0.05) is 11.3 Å². The predicted octanol–water partition coefficient (Wildman–Crippen LogP) is 4.39. The second kappa shape index (κ2) is 8.53. The maximum Gasteiger partial charge on any atom is 0.226 e. The minimum absolute atomic E-state index is 0.0810. The molecule has 1 aliphatic rings. The fourth-order valence-corrected chi connectivity index (χ4v) is 5.28. The summed E-state index contributed by atoms with van der Waals surface area (Å²) in [4.78, 5) is 17.5. The molecule has 2 aromatic carbocycles. The fraction of sp³-hybridized carbons (Fsp3) is 0.292. The zero-order chi connectivity index (χ0) is 24.0. The van der Waals surface area contributed by atoms with Crippen LogP contribution in [0.15, 0.2) is 30.3 Å². The van der Waals surface area contributed by atoms with Gasteiger partial charge < -0.3 is 24.6 Å². The number of anilines is 1. The molecule has 2 N–H and O–H groups in total. The zero-order valence-corrected chi connectivity index (χ0v) is 20.0. The SMILES string of the molecule is CCOc1ccc2nc(-n3nc(C)c4c3NC(=O)CC4c3cc(OC)c(O)c(OC)c3)sc2c1. The van der Waals surface area contributed by atoms with Gasteiger partial charge in [-0.05, 0) is 49.7 Å². The molecule has 5 rings (SSSR count). The molecule has 0 radical (unpaired) electrons. The molecule has 0 saturated heterocycles. The van der Waals surface area contributed by atoms with E-state index in [9.17, 15) is 9.90 Å². The third kappa shape index (κ3) is 3.60. The van der Waals surface area contributed by atoms with Crippen molar-refractivity contribution < 1.29 is 24.1 Å². The Kier molecular flexibility index (Phi) is 5.52. The maximum atomic E-state index is 12.8. The smallest absolute Gasteiger partial charge is 0.226 e. The Morgan fingerprint density at radius 1 is 1.21 bits per heavy atom. The minimum atomic E-state index is -0.292. The molecule has 0 aliphatic carbocycles. The summed E-state index contributed by atoms with van der Waals surface area (Å²) in [5.74, 6) is 1.43. The first kappa shape index (κ1) is 22.0. The number of hydrogen-bond donors (Lipinski definition) is 2. The minimum Gasteiger partial charge on any atom is -0.502 e. The summed E-state index contributed by atoms with van der Waals surface area (Å²) >= 11 is 1.47. The number of phenols is 1. The summed E-state index contributed by atoms with van der Waals surface area (Å²) in [5, 5.41) is 18.7. The van der Waals surface area contributed by atoms with E-state index in [1.807, 2.05) is 32.0 Å². The van der Waals surface area contributed by atoms with Crippen LogP contribution in [0.2, 0.25) is 0 Å². The molecule has 9 nitrogen and oxygen atoms in total. The first-order valence-electron chi connectivity index (χ1n) is 10.8. The number of rotatable bonds is 6. The lowest BCUT2D eigenvalue weighted by Gasteiger charge is -2.25. The molecule has 0 spiro atoms. The number of benzene rings is 2. The first-order valence-corrected chi connectivity index (χ1v) is 11.6. The van der Waals surface area contributed by atoms with E-state index < -0.39 is 0 Å². The number of ether oxygens (including phenoxy) is 3. The number of aromatic nitrogens is 3. The third-order valence-electron chi connectivity index (χ3n) is 5.85. The first-order chi connectivity index (χ1) is 16.4. The molecule has 10 heteroatoms. The molecule has 1 atom stereocenters. The third-order valence-corrected chi connectivity index (χ3v) is 6.84. The van der Waals surface area contributed by atoms with Crippen LogP contribution in [0.4, 0.5) is 5.82 Å². The highest BCUT2D eigenvalue weighted by atomic mass is 32.1. The number of nitrogens with zero attached hydrogens (tertiary/aromatic N) is 3. The average Bonchev–Trinajstić information content (AvgIpc) is 3.39. The van der Waals surface area contributed by atoms with Gasteiger partial charge in [0.2, 0.25) is 16.8 Å². The topological polar surface area (TPSA) is 108 Å². The van der Waals surface area contributed by atoms with Crippen molar-refractivity contribution in [3.8, 4) is 28.1 Å². The van der Waals surface area contributed by atoms with Gasteiger partial charge in [0.25, 0.3) is 0 Å². The van der Waals surface area contributed by atoms with Crippen LogP contribution in [0.3, 0.4) is 0 Å². The predicted molar refractivity (Wildman–Crippen MR) is 129 cm³/mol. The highest BCUT2D eigenvalue weighted by Gasteiger charge is 2.34. The average molecular weight is 481 g/mol. The second-order valence-corrected chi connectivity index (χ2v) is 8.91. The summed E-state index contributed by atoms with van der Waals surface area (Å²) in [6, 6.07) is 9.23. The molecular weight excluding hydrogens is 456 g/mol. The van der Waals surface area contributed by atoms with E-state index in [4.69, 9.17) is 24.3 Å². The van der Waals surface area contributed by atoms with E-state index >= 15 is 0 Å². The number of fused-ring (bicyclic) bond motifs is 2.